The lowest BCUT2D eigenvalue weighted by Gasteiger charge is -2.02. The zero-order chi connectivity index (χ0) is 15.4. The van der Waals surface area contributed by atoms with Crippen LogP contribution in [0.5, 0.6) is 0 Å². The average Bonchev–Trinajstić information content (AvgIpc) is 2.82. The Kier molecular flexibility index (Phi) is 4.84. The molecule has 21 heavy (non-hydrogen) atoms. The lowest BCUT2D eigenvalue weighted by molar-refractivity contribution is 0.0948. The third kappa shape index (κ3) is 3.18. The molecule has 0 radical (unpaired) electrons. The van der Waals surface area contributed by atoms with Gasteiger partial charge in [0.1, 0.15) is 11.6 Å². The fourth-order valence-electron chi connectivity index (χ4n) is 1.73. The summed E-state index contributed by atoms with van der Waals surface area (Å²) in [5.41, 5.74) is 0.696. The summed E-state index contributed by atoms with van der Waals surface area (Å²) >= 11 is 12.0. The highest BCUT2D eigenvalue weighted by Crippen LogP contribution is 2.24. The molecule has 1 N–H and O–H groups in total. The molecule has 0 unspecified atom stereocenters. The molecule has 0 fully saturated rings. The van der Waals surface area contributed by atoms with Crippen LogP contribution in [-0.4, -0.2) is 22.2 Å². The van der Waals surface area contributed by atoms with Gasteiger partial charge < -0.3 is 5.32 Å². The lowest BCUT2D eigenvalue weighted by Crippen LogP contribution is -2.25. The monoisotopic (exact) mass is 322 g/mol. The molecule has 0 atom stereocenters. The van der Waals surface area contributed by atoms with E-state index in [2.05, 4.69) is 10.4 Å². The largest absolute Gasteiger partial charge is 0.351 e. The predicted octanol–water partition coefficient (Wildman–Crippen LogP) is 3.19. The number of rotatable bonds is 4. The Morgan fingerprint density at radius 2 is 2.05 bits per heavy atom. The van der Waals surface area contributed by atoms with Gasteiger partial charge in [0.05, 0.1) is 5.69 Å². The van der Waals surface area contributed by atoms with Crippen LogP contribution in [0.1, 0.15) is 29.4 Å². The van der Waals surface area contributed by atoms with Crippen molar-refractivity contribution >= 4 is 29.1 Å². The first-order valence-corrected chi connectivity index (χ1v) is 7.06. The highest BCUT2D eigenvalue weighted by Gasteiger charge is 2.22. The molecule has 1 heterocycles. The molecule has 0 saturated carbocycles. The number of benzene rings is 1. The maximum absolute atomic E-state index is 12.0. The molecule has 0 aliphatic rings. The smallest absolute Gasteiger partial charge is 0.273 e. The van der Waals surface area contributed by atoms with Crippen LogP contribution in [-0.2, 0) is 0 Å². The molecule has 2 aromatic rings. The molecular weight excluding hydrogens is 311 g/mol. The van der Waals surface area contributed by atoms with Crippen molar-refractivity contribution in [2.45, 2.75) is 13.3 Å². The van der Waals surface area contributed by atoms with Gasteiger partial charge in [-0.2, -0.15) is 10.4 Å². The molecule has 5 nitrogen and oxygen atoms in total. The maximum atomic E-state index is 12.0. The summed E-state index contributed by atoms with van der Waals surface area (Å²) in [7, 11) is 0. The standard InChI is InChI=1S/C14H12Cl2N4O/c1-2-7-18-14(21)12-11(8-17)13(16)20(19-12)10-5-3-9(15)4-6-10/h3-6H,2,7H2,1H3,(H,18,21). The van der Waals surface area contributed by atoms with E-state index in [9.17, 15) is 10.1 Å². The molecule has 1 aromatic carbocycles. The average molecular weight is 323 g/mol. The predicted molar refractivity (Wildman–Crippen MR) is 80.9 cm³/mol. The van der Waals surface area contributed by atoms with Crippen LogP contribution in [0.15, 0.2) is 24.3 Å². The third-order valence-electron chi connectivity index (χ3n) is 2.76. The summed E-state index contributed by atoms with van der Waals surface area (Å²) in [6.07, 6.45) is 0.791. The van der Waals surface area contributed by atoms with E-state index in [0.29, 0.717) is 17.3 Å². The van der Waals surface area contributed by atoms with Crippen LogP contribution in [0, 0.1) is 11.3 Å². The highest BCUT2D eigenvalue weighted by atomic mass is 35.5. The number of hydrogen-bond donors (Lipinski definition) is 1. The SMILES string of the molecule is CCCNC(=O)c1nn(-c2ccc(Cl)cc2)c(Cl)c1C#N. The molecular formula is C14H12Cl2N4O. The summed E-state index contributed by atoms with van der Waals surface area (Å²) < 4.78 is 1.34. The second-order valence-electron chi connectivity index (χ2n) is 4.27. The molecule has 0 aliphatic heterocycles. The summed E-state index contributed by atoms with van der Waals surface area (Å²) in [6, 6.07) is 8.69. The summed E-state index contributed by atoms with van der Waals surface area (Å²) in [4.78, 5) is 12.0. The van der Waals surface area contributed by atoms with Crippen LogP contribution >= 0.6 is 23.2 Å². The van der Waals surface area contributed by atoms with Gasteiger partial charge in [0, 0.05) is 11.6 Å². The van der Waals surface area contributed by atoms with Crippen LogP contribution in [0.25, 0.3) is 5.69 Å². The zero-order valence-corrected chi connectivity index (χ0v) is 12.7. The van der Waals surface area contributed by atoms with Crippen molar-refractivity contribution in [1.29, 1.82) is 5.26 Å². The Hall–Kier alpha value is -2.03. The van der Waals surface area contributed by atoms with Crippen molar-refractivity contribution in [3.8, 4) is 11.8 Å². The number of hydrogen-bond acceptors (Lipinski definition) is 3. The normalized spacial score (nSPS) is 10.2. The Morgan fingerprint density at radius 1 is 1.38 bits per heavy atom. The Balaban J connectivity index is 2.45. The molecule has 0 saturated heterocycles. The van der Waals surface area contributed by atoms with Gasteiger partial charge >= 0.3 is 0 Å². The van der Waals surface area contributed by atoms with E-state index in [0.717, 1.165) is 6.42 Å². The number of nitrogens with zero attached hydrogens (tertiary/aromatic N) is 3. The highest BCUT2D eigenvalue weighted by molar-refractivity contribution is 6.31. The molecule has 2 rings (SSSR count). The number of carbonyl (C=O) groups is 1. The number of amides is 1. The van der Waals surface area contributed by atoms with Crippen LogP contribution < -0.4 is 5.32 Å². The van der Waals surface area contributed by atoms with Crippen molar-refractivity contribution in [3.63, 3.8) is 0 Å². The first-order chi connectivity index (χ1) is 10.1. The zero-order valence-electron chi connectivity index (χ0n) is 11.2. The van der Waals surface area contributed by atoms with Gasteiger partial charge in [0.2, 0.25) is 0 Å². The number of nitriles is 1. The van der Waals surface area contributed by atoms with E-state index >= 15 is 0 Å². The van der Waals surface area contributed by atoms with Gasteiger partial charge in [-0.1, -0.05) is 30.1 Å². The van der Waals surface area contributed by atoms with Gasteiger partial charge in [-0.05, 0) is 30.7 Å². The molecule has 108 valence electrons. The van der Waals surface area contributed by atoms with E-state index < -0.39 is 5.91 Å². The number of carbonyl (C=O) groups excluding carboxylic acids is 1. The lowest BCUT2D eigenvalue weighted by atomic mass is 10.2. The Labute approximate surface area is 132 Å². The third-order valence-corrected chi connectivity index (χ3v) is 3.36. The van der Waals surface area contributed by atoms with Gasteiger partial charge in [-0.3, -0.25) is 4.79 Å². The van der Waals surface area contributed by atoms with Crippen molar-refractivity contribution in [2.24, 2.45) is 0 Å². The van der Waals surface area contributed by atoms with E-state index in [1.807, 2.05) is 13.0 Å². The maximum Gasteiger partial charge on any atom is 0.273 e. The quantitative estimate of drug-likeness (QED) is 0.939. The van der Waals surface area contributed by atoms with Gasteiger partial charge in [-0.15, -0.1) is 0 Å². The summed E-state index contributed by atoms with van der Waals surface area (Å²) in [6.45, 7) is 2.44. The molecule has 0 bridgehead atoms. The van der Waals surface area contributed by atoms with Crippen molar-refractivity contribution in [1.82, 2.24) is 15.1 Å². The van der Waals surface area contributed by atoms with E-state index in [1.165, 1.54) is 4.68 Å². The van der Waals surface area contributed by atoms with Crippen LogP contribution in [0.4, 0.5) is 0 Å². The number of halogens is 2. The molecule has 1 aromatic heterocycles. The minimum absolute atomic E-state index is 0.0194. The number of aromatic nitrogens is 2. The van der Waals surface area contributed by atoms with Crippen molar-refractivity contribution < 1.29 is 4.79 Å². The van der Waals surface area contributed by atoms with Gasteiger partial charge in [-0.25, -0.2) is 4.68 Å². The summed E-state index contributed by atoms with van der Waals surface area (Å²) in [5, 5.41) is 16.7. The van der Waals surface area contributed by atoms with Crippen molar-refractivity contribution in [3.05, 3.63) is 45.7 Å². The number of nitrogens with one attached hydrogen (secondary N) is 1. The summed E-state index contributed by atoms with van der Waals surface area (Å²) in [5.74, 6) is -0.414. The molecule has 0 spiro atoms. The van der Waals surface area contributed by atoms with Crippen LogP contribution in [0.3, 0.4) is 0 Å². The molecule has 0 aliphatic carbocycles. The van der Waals surface area contributed by atoms with E-state index in [4.69, 9.17) is 23.2 Å². The first-order valence-electron chi connectivity index (χ1n) is 6.31. The fraction of sp³-hybridized carbons (Fsp3) is 0.214. The van der Waals surface area contributed by atoms with E-state index in [1.54, 1.807) is 24.3 Å². The molecule has 1 amide bonds. The molecule has 7 heteroatoms. The second kappa shape index (κ2) is 6.61. The van der Waals surface area contributed by atoms with Crippen molar-refractivity contribution in [2.75, 3.05) is 6.54 Å². The minimum atomic E-state index is -0.414. The fourth-order valence-corrected chi connectivity index (χ4v) is 2.12. The second-order valence-corrected chi connectivity index (χ2v) is 5.06. The van der Waals surface area contributed by atoms with E-state index in [-0.39, 0.29) is 16.4 Å². The minimum Gasteiger partial charge on any atom is -0.351 e. The van der Waals surface area contributed by atoms with Crippen LogP contribution in [0.2, 0.25) is 10.2 Å². The first kappa shape index (κ1) is 15.4. The topological polar surface area (TPSA) is 70.7 Å². The Bertz CT molecular complexity index is 701. The van der Waals surface area contributed by atoms with Gasteiger partial charge in [0.15, 0.2) is 10.8 Å². The Morgan fingerprint density at radius 3 is 2.62 bits per heavy atom. The van der Waals surface area contributed by atoms with Gasteiger partial charge in [0.25, 0.3) is 5.91 Å².